The second kappa shape index (κ2) is 10.9. The molecule has 1 aliphatic heterocycles. The van der Waals surface area contributed by atoms with Gasteiger partial charge in [-0.2, -0.15) is 0 Å². The van der Waals surface area contributed by atoms with Crippen LogP contribution in [0.15, 0.2) is 182 Å². The number of fused-ring (bicyclic) bond motifs is 8. The van der Waals surface area contributed by atoms with E-state index in [2.05, 4.69) is 182 Å². The summed E-state index contributed by atoms with van der Waals surface area (Å²) >= 11 is 0. The van der Waals surface area contributed by atoms with Crippen LogP contribution in [0.2, 0.25) is 0 Å². The van der Waals surface area contributed by atoms with Gasteiger partial charge in [0.2, 0.25) is 0 Å². The molecule has 0 amide bonds. The number of benzene rings is 10. The third-order valence-electron chi connectivity index (χ3n) is 10.8. The van der Waals surface area contributed by atoms with Crippen LogP contribution in [0.4, 0.5) is 0 Å². The summed E-state index contributed by atoms with van der Waals surface area (Å²) in [5.74, 6) is 1.77. The summed E-state index contributed by atoms with van der Waals surface area (Å²) < 4.78 is 6.94. The molecule has 0 aromatic heterocycles. The van der Waals surface area contributed by atoms with Crippen LogP contribution in [0.25, 0.3) is 98.4 Å². The summed E-state index contributed by atoms with van der Waals surface area (Å²) in [7, 11) is 0. The lowest BCUT2D eigenvalue weighted by atomic mass is 9.82. The van der Waals surface area contributed by atoms with E-state index in [4.69, 9.17) is 4.74 Å². The van der Waals surface area contributed by atoms with Gasteiger partial charge in [0.25, 0.3) is 0 Å². The van der Waals surface area contributed by atoms with Gasteiger partial charge in [-0.1, -0.05) is 146 Å². The van der Waals surface area contributed by atoms with Gasteiger partial charge < -0.3 is 4.74 Å². The van der Waals surface area contributed by atoms with Crippen molar-refractivity contribution in [3.05, 3.63) is 182 Å². The van der Waals surface area contributed by atoms with E-state index in [1.54, 1.807) is 0 Å². The van der Waals surface area contributed by atoms with Crippen LogP contribution >= 0.6 is 0 Å². The molecule has 1 nitrogen and oxygen atoms in total. The summed E-state index contributed by atoms with van der Waals surface area (Å²) in [5, 5.41) is 12.3. The Morgan fingerprint density at radius 3 is 1.86 bits per heavy atom. The van der Waals surface area contributed by atoms with Gasteiger partial charge in [-0.15, -0.1) is 0 Å². The molecule has 11 rings (SSSR count). The molecule has 0 fully saturated rings. The quantitative estimate of drug-likeness (QED) is 0.174. The molecular weight excluding hydrogens is 617 g/mol. The maximum Gasteiger partial charge on any atom is 0.135 e. The van der Waals surface area contributed by atoms with Crippen molar-refractivity contribution in [1.82, 2.24) is 0 Å². The van der Waals surface area contributed by atoms with E-state index in [9.17, 15) is 0 Å². The highest BCUT2D eigenvalue weighted by Gasteiger charge is 2.27. The van der Waals surface area contributed by atoms with Gasteiger partial charge in [-0.25, -0.2) is 0 Å². The smallest absolute Gasteiger partial charge is 0.135 e. The fraction of sp³-hybridized carbons (Fsp3) is 0. The van der Waals surface area contributed by atoms with Crippen molar-refractivity contribution in [3.8, 4) is 56.0 Å². The first kappa shape index (κ1) is 28.2. The monoisotopic (exact) mass is 646 g/mol. The van der Waals surface area contributed by atoms with E-state index in [-0.39, 0.29) is 0 Å². The van der Waals surface area contributed by atoms with Crippen molar-refractivity contribution < 1.29 is 4.74 Å². The fourth-order valence-corrected chi connectivity index (χ4v) is 8.46. The first-order valence-electron chi connectivity index (χ1n) is 17.6. The first-order chi connectivity index (χ1) is 25.3. The van der Waals surface area contributed by atoms with Crippen LogP contribution in [0.1, 0.15) is 0 Å². The van der Waals surface area contributed by atoms with Gasteiger partial charge in [0.1, 0.15) is 11.5 Å². The van der Waals surface area contributed by atoms with Crippen molar-refractivity contribution >= 4 is 53.9 Å². The molecule has 10 aromatic carbocycles. The SMILES string of the molecule is c1ccc(-c2ccc3c(-c4ccc5ccccc5c4)c4c5c(cccc5c3c2)Oc2cc(-c3cc5ccccc5c5ccccc35)ccc2-4)cc1. The van der Waals surface area contributed by atoms with Crippen LogP contribution in [0, 0.1) is 0 Å². The fourth-order valence-electron chi connectivity index (χ4n) is 8.46. The van der Waals surface area contributed by atoms with E-state index in [0.717, 1.165) is 28.0 Å². The third-order valence-corrected chi connectivity index (χ3v) is 10.8. The lowest BCUT2D eigenvalue weighted by Gasteiger charge is -2.27. The molecular formula is C50H30O. The van der Waals surface area contributed by atoms with E-state index in [1.165, 1.54) is 81.9 Å². The van der Waals surface area contributed by atoms with Gasteiger partial charge in [-0.05, 0) is 118 Å². The minimum atomic E-state index is 0.882. The summed E-state index contributed by atoms with van der Waals surface area (Å²) in [6, 6.07) is 66.2. The zero-order valence-electron chi connectivity index (χ0n) is 27.7. The lowest BCUT2D eigenvalue weighted by Crippen LogP contribution is -2.01. The van der Waals surface area contributed by atoms with E-state index in [1.807, 2.05) is 0 Å². The molecule has 0 atom stereocenters. The van der Waals surface area contributed by atoms with Crippen molar-refractivity contribution in [1.29, 1.82) is 0 Å². The summed E-state index contributed by atoms with van der Waals surface area (Å²) in [4.78, 5) is 0. The molecule has 0 spiro atoms. The Morgan fingerprint density at radius 2 is 0.980 bits per heavy atom. The Kier molecular flexibility index (Phi) is 6.02. The average molecular weight is 647 g/mol. The van der Waals surface area contributed by atoms with E-state index in [0.29, 0.717) is 0 Å². The Hall–Kier alpha value is -6.70. The highest BCUT2D eigenvalue weighted by molar-refractivity contribution is 6.25. The van der Waals surface area contributed by atoms with Crippen molar-refractivity contribution in [3.63, 3.8) is 0 Å². The van der Waals surface area contributed by atoms with Gasteiger partial charge >= 0.3 is 0 Å². The summed E-state index contributed by atoms with van der Waals surface area (Å²) in [6.45, 7) is 0. The predicted octanol–water partition coefficient (Wildman–Crippen LogP) is 14.2. The molecule has 0 saturated carbocycles. The number of hydrogen-bond donors (Lipinski definition) is 0. The topological polar surface area (TPSA) is 9.23 Å². The molecule has 0 unspecified atom stereocenters. The minimum absolute atomic E-state index is 0.882. The maximum absolute atomic E-state index is 6.94. The van der Waals surface area contributed by atoms with Gasteiger partial charge in [0.05, 0.1) is 0 Å². The number of ether oxygens (including phenoxy) is 1. The Bertz CT molecular complexity index is 3040. The largest absolute Gasteiger partial charge is 0.456 e. The normalized spacial score (nSPS) is 12.1. The van der Waals surface area contributed by atoms with Crippen molar-refractivity contribution in [2.24, 2.45) is 0 Å². The molecule has 0 aliphatic carbocycles. The highest BCUT2D eigenvalue weighted by atomic mass is 16.5. The lowest BCUT2D eigenvalue weighted by molar-refractivity contribution is 0.487. The van der Waals surface area contributed by atoms with Gasteiger partial charge in [0.15, 0.2) is 0 Å². The zero-order valence-corrected chi connectivity index (χ0v) is 27.7. The zero-order chi connectivity index (χ0) is 33.5. The van der Waals surface area contributed by atoms with Crippen LogP contribution < -0.4 is 4.74 Å². The average Bonchev–Trinajstić information content (AvgIpc) is 3.20. The minimum Gasteiger partial charge on any atom is -0.456 e. The molecule has 0 bridgehead atoms. The molecule has 1 heterocycles. The Labute approximate surface area is 295 Å². The molecule has 10 aromatic rings. The summed E-state index contributed by atoms with van der Waals surface area (Å²) in [5.41, 5.74) is 9.56. The first-order valence-corrected chi connectivity index (χ1v) is 17.6. The molecule has 0 saturated heterocycles. The summed E-state index contributed by atoms with van der Waals surface area (Å²) in [6.07, 6.45) is 0. The van der Waals surface area contributed by atoms with Crippen LogP contribution in [0.3, 0.4) is 0 Å². The second-order valence-electron chi connectivity index (χ2n) is 13.6. The van der Waals surface area contributed by atoms with E-state index >= 15 is 0 Å². The number of hydrogen-bond acceptors (Lipinski definition) is 1. The molecule has 51 heavy (non-hydrogen) atoms. The molecule has 1 heteroatoms. The van der Waals surface area contributed by atoms with Crippen LogP contribution in [-0.2, 0) is 0 Å². The molecule has 0 N–H and O–H groups in total. The highest BCUT2D eigenvalue weighted by Crippen LogP contribution is 2.55. The second-order valence-corrected chi connectivity index (χ2v) is 13.6. The van der Waals surface area contributed by atoms with E-state index < -0.39 is 0 Å². The van der Waals surface area contributed by atoms with Crippen LogP contribution in [0.5, 0.6) is 11.5 Å². The molecule has 236 valence electrons. The Morgan fingerprint density at radius 1 is 0.275 bits per heavy atom. The standard InChI is InChI=1S/C50H30O/c1-2-11-31(12-3-1)34-23-25-42-45(28-34)41-19-10-20-46-49(41)50(48(42)37-22-21-32-13-4-5-14-33(32)27-37)43-26-24-36(30-47(43)51-46)44-29-35-15-6-7-16-38(35)39-17-8-9-18-40(39)44/h1-30H. The molecule has 1 aliphatic rings. The molecule has 0 radical (unpaired) electrons. The van der Waals surface area contributed by atoms with Crippen molar-refractivity contribution in [2.75, 3.05) is 0 Å². The maximum atomic E-state index is 6.94. The van der Waals surface area contributed by atoms with Crippen molar-refractivity contribution in [2.45, 2.75) is 0 Å². The number of rotatable bonds is 3. The third kappa shape index (κ3) is 4.28. The predicted molar refractivity (Wildman–Crippen MR) is 216 cm³/mol. The van der Waals surface area contributed by atoms with Gasteiger partial charge in [0, 0.05) is 16.5 Å². The van der Waals surface area contributed by atoms with Gasteiger partial charge in [-0.3, -0.25) is 0 Å². The van der Waals surface area contributed by atoms with Crippen LogP contribution in [-0.4, -0.2) is 0 Å². The Balaban J connectivity index is 1.21.